The molecule has 0 saturated heterocycles. The number of nitrogens with two attached hydrogens (primary N) is 1. The molecule has 1 aliphatic carbocycles. The number of hydrogen-bond donors (Lipinski definition) is 2. The molecule has 1 fully saturated rings. The summed E-state index contributed by atoms with van der Waals surface area (Å²) in [7, 11) is 0. The minimum atomic E-state index is 0.431. The van der Waals surface area contributed by atoms with E-state index in [2.05, 4.69) is 25.9 Å². The molecule has 0 aromatic heterocycles. The maximum atomic E-state index is 5.55. The second kappa shape index (κ2) is 4.77. The molecule has 0 heterocycles. The smallest absolute Gasteiger partial charge is 0.0275 e. The van der Waals surface area contributed by atoms with Crippen LogP contribution in [0.25, 0.3) is 0 Å². The zero-order valence-corrected chi connectivity index (χ0v) is 8.84. The third-order valence-electron chi connectivity index (χ3n) is 3.22. The quantitative estimate of drug-likeness (QED) is 0.375. The third kappa shape index (κ3) is 3.12. The average Bonchev–Trinajstić information content (AvgIpc) is 2.95. The second-order valence-electron chi connectivity index (χ2n) is 4.28. The SMILES string of the molecule is C=C(CC)CC(NN)C(C)C1CC1. The summed E-state index contributed by atoms with van der Waals surface area (Å²) >= 11 is 0. The van der Waals surface area contributed by atoms with E-state index in [1.807, 2.05) is 0 Å². The molecular weight excluding hydrogens is 160 g/mol. The highest BCUT2D eigenvalue weighted by atomic mass is 15.2. The van der Waals surface area contributed by atoms with Gasteiger partial charge in [-0.2, -0.15) is 0 Å². The molecule has 3 N–H and O–H groups in total. The number of nitrogens with one attached hydrogen (secondary N) is 1. The molecule has 0 aromatic carbocycles. The molecule has 1 rings (SSSR count). The van der Waals surface area contributed by atoms with Gasteiger partial charge in [0.15, 0.2) is 0 Å². The number of hydrazine groups is 1. The Morgan fingerprint density at radius 3 is 2.62 bits per heavy atom. The molecule has 76 valence electrons. The Labute approximate surface area is 81.6 Å². The van der Waals surface area contributed by atoms with E-state index in [1.54, 1.807) is 0 Å². The lowest BCUT2D eigenvalue weighted by Gasteiger charge is -2.23. The zero-order chi connectivity index (χ0) is 9.84. The topological polar surface area (TPSA) is 38.0 Å². The first-order valence-electron chi connectivity index (χ1n) is 5.31. The maximum absolute atomic E-state index is 5.55. The van der Waals surface area contributed by atoms with Crippen molar-refractivity contribution < 1.29 is 0 Å². The van der Waals surface area contributed by atoms with Crippen molar-refractivity contribution in [2.75, 3.05) is 0 Å². The van der Waals surface area contributed by atoms with Crippen molar-refractivity contribution in [3.05, 3.63) is 12.2 Å². The summed E-state index contributed by atoms with van der Waals surface area (Å²) in [4.78, 5) is 0. The van der Waals surface area contributed by atoms with Gasteiger partial charge in [-0.3, -0.25) is 11.3 Å². The molecule has 2 atom stereocenters. The molecule has 13 heavy (non-hydrogen) atoms. The standard InChI is InChI=1S/C11H22N2/c1-4-8(2)7-11(13-12)9(3)10-5-6-10/h9-11,13H,2,4-7,12H2,1,3H3. The molecule has 0 amide bonds. The van der Waals surface area contributed by atoms with Gasteiger partial charge < -0.3 is 0 Å². The van der Waals surface area contributed by atoms with Gasteiger partial charge >= 0.3 is 0 Å². The Bertz CT molecular complexity index is 173. The van der Waals surface area contributed by atoms with E-state index in [1.165, 1.54) is 18.4 Å². The van der Waals surface area contributed by atoms with Gasteiger partial charge in [-0.05, 0) is 37.5 Å². The molecule has 0 aromatic rings. The van der Waals surface area contributed by atoms with E-state index in [9.17, 15) is 0 Å². The molecule has 1 saturated carbocycles. The molecular formula is C11H22N2. The van der Waals surface area contributed by atoms with Gasteiger partial charge in [0, 0.05) is 6.04 Å². The van der Waals surface area contributed by atoms with Crippen molar-refractivity contribution >= 4 is 0 Å². The van der Waals surface area contributed by atoms with E-state index in [0.717, 1.165) is 18.8 Å². The van der Waals surface area contributed by atoms with Crippen molar-refractivity contribution in [3.63, 3.8) is 0 Å². The first-order valence-corrected chi connectivity index (χ1v) is 5.31. The summed E-state index contributed by atoms with van der Waals surface area (Å²) in [5.74, 6) is 7.16. The highest BCUT2D eigenvalue weighted by molar-refractivity contribution is 4.99. The second-order valence-corrected chi connectivity index (χ2v) is 4.28. The summed E-state index contributed by atoms with van der Waals surface area (Å²) in [6.45, 7) is 8.47. The van der Waals surface area contributed by atoms with Crippen molar-refractivity contribution in [2.24, 2.45) is 17.7 Å². The van der Waals surface area contributed by atoms with Crippen molar-refractivity contribution in [2.45, 2.75) is 45.6 Å². The van der Waals surface area contributed by atoms with Crippen LogP contribution in [0, 0.1) is 11.8 Å². The van der Waals surface area contributed by atoms with Crippen LogP contribution in [-0.2, 0) is 0 Å². The normalized spacial score (nSPS) is 21.2. The Hall–Kier alpha value is -0.340. The van der Waals surface area contributed by atoms with Crippen molar-refractivity contribution in [3.8, 4) is 0 Å². The van der Waals surface area contributed by atoms with Crippen molar-refractivity contribution in [1.82, 2.24) is 5.43 Å². The van der Waals surface area contributed by atoms with Crippen LogP contribution in [0.5, 0.6) is 0 Å². The lowest BCUT2D eigenvalue weighted by Crippen LogP contribution is -2.40. The number of rotatable bonds is 6. The molecule has 0 bridgehead atoms. The van der Waals surface area contributed by atoms with E-state index < -0.39 is 0 Å². The molecule has 2 nitrogen and oxygen atoms in total. The third-order valence-corrected chi connectivity index (χ3v) is 3.22. The highest BCUT2D eigenvalue weighted by Crippen LogP contribution is 2.39. The monoisotopic (exact) mass is 182 g/mol. The predicted molar refractivity (Wildman–Crippen MR) is 57.0 cm³/mol. The lowest BCUT2D eigenvalue weighted by molar-refractivity contribution is 0.341. The van der Waals surface area contributed by atoms with Gasteiger partial charge in [0.2, 0.25) is 0 Å². The minimum absolute atomic E-state index is 0.431. The van der Waals surface area contributed by atoms with Crippen molar-refractivity contribution in [1.29, 1.82) is 0 Å². The molecule has 2 unspecified atom stereocenters. The van der Waals surface area contributed by atoms with Crippen LogP contribution in [-0.4, -0.2) is 6.04 Å². The zero-order valence-electron chi connectivity index (χ0n) is 8.84. The Balaban J connectivity index is 2.36. The van der Waals surface area contributed by atoms with Crippen LogP contribution in [0.4, 0.5) is 0 Å². The van der Waals surface area contributed by atoms with Gasteiger partial charge in [0.25, 0.3) is 0 Å². The van der Waals surface area contributed by atoms with Crippen LogP contribution >= 0.6 is 0 Å². The van der Waals surface area contributed by atoms with Crippen LogP contribution < -0.4 is 11.3 Å². The molecule has 2 heteroatoms. The predicted octanol–water partition coefficient (Wildman–Crippen LogP) is 2.22. The summed E-state index contributed by atoms with van der Waals surface area (Å²) in [5.41, 5.74) is 4.23. The van der Waals surface area contributed by atoms with Gasteiger partial charge in [-0.25, -0.2) is 0 Å². The van der Waals surface area contributed by atoms with E-state index >= 15 is 0 Å². The Morgan fingerprint density at radius 1 is 1.62 bits per heavy atom. The summed E-state index contributed by atoms with van der Waals surface area (Å²) < 4.78 is 0. The molecule has 0 spiro atoms. The average molecular weight is 182 g/mol. The summed E-state index contributed by atoms with van der Waals surface area (Å²) in [6.07, 6.45) is 4.87. The van der Waals surface area contributed by atoms with E-state index in [-0.39, 0.29) is 0 Å². The lowest BCUT2D eigenvalue weighted by atomic mass is 9.91. The number of hydrogen-bond acceptors (Lipinski definition) is 2. The first kappa shape index (κ1) is 10.7. The van der Waals surface area contributed by atoms with Crippen LogP contribution in [0.3, 0.4) is 0 Å². The van der Waals surface area contributed by atoms with Gasteiger partial charge in [0.05, 0.1) is 0 Å². The fourth-order valence-electron chi connectivity index (χ4n) is 1.80. The van der Waals surface area contributed by atoms with Gasteiger partial charge in [0.1, 0.15) is 0 Å². The molecule has 1 aliphatic rings. The molecule has 0 aliphatic heterocycles. The first-order chi connectivity index (χ1) is 6.19. The fourth-order valence-corrected chi connectivity index (χ4v) is 1.80. The van der Waals surface area contributed by atoms with E-state index in [0.29, 0.717) is 12.0 Å². The van der Waals surface area contributed by atoms with Crippen LogP contribution in [0.15, 0.2) is 12.2 Å². The fraction of sp³-hybridized carbons (Fsp3) is 0.818. The highest BCUT2D eigenvalue weighted by Gasteiger charge is 2.32. The van der Waals surface area contributed by atoms with E-state index in [4.69, 9.17) is 5.84 Å². The largest absolute Gasteiger partial charge is 0.271 e. The summed E-state index contributed by atoms with van der Waals surface area (Å²) in [6, 6.07) is 0.431. The van der Waals surface area contributed by atoms with Crippen LogP contribution in [0.1, 0.15) is 39.5 Å². The summed E-state index contributed by atoms with van der Waals surface area (Å²) in [5, 5.41) is 0. The molecule has 0 radical (unpaired) electrons. The maximum Gasteiger partial charge on any atom is 0.0275 e. The Kier molecular flexibility index (Phi) is 3.94. The minimum Gasteiger partial charge on any atom is -0.271 e. The van der Waals surface area contributed by atoms with Crippen LogP contribution in [0.2, 0.25) is 0 Å². The Morgan fingerprint density at radius 2 is 2.23 bits per heavy atom. The van der Waals surface area contributed by atoms with Gasteiger partial charge in [-0.15, -0.1) is 0 Å². The van der Waals surface area contributed by atoms with Gasteiger partial charge in [-0.1, -0.05) is 26.0 Å².